The second-order valence-corrected chi connectivity index (χ2v) is 7.62. The van der Waals surface area contributed by atoms with Gasteiger partial charge in [0.1, 0.15) is 23.5 Å². The molecule has 1 heterocycles. The Morgan fingerprint density at radius 2 is 2.04 bits per heavy atom. The van der Waals surface area contributed by atoms with E-state index in [2.05, 4.69) is 5.32 Å². The Kier molecular flexibility index (Phi) is 3.98. The zero-order valence-corrected chi connectivity index (χ0v) is 14.9. The summed E-state index contributed by atoms with van der Waals surface area (Å²) in [4.78, 5) is 12.1. The molecule has 1 N–H and O–H groups in total. The molecule has 2 aromatic rings. The Morgan fingerprint density at radius 3 is 2.73 bits per heavy atom. The van der Waals surface area contributed by atoms with Crippen LogP contribution in [0.2, 0.25) is 0 Å². The third kappa shape index (κ3) is 3.06. The first kappa shape index (κ1) is 17.0. The van der Waals surface area contributed by atoms with Crippen molar-refractivity contribution in [1.29, 1.82) is 0 Å². The van der Waals surface area contributed by atoms with Crippen LogP contribution < -0.4 is 10.1 Å². The predicted octanol–water partition coefficient (Wildman–Crippen LogP) is 4.16. The van der Waals surface area contributed by atoms with Crippen LogP contribution in [0, 0.1) is 24.0 Å². The van der Waals surface area contributed by atoms with Crippen LogP contribution in [0.15, 0.2) is 30.3 Å². The number of halogens is 2. The number of rotatable bonds is 4. The van der Waals surface area contributed by atoms with Gasteiger partial charge in [-0.15, -0.1) is 0 Å². The van der Waals surface area contributed by atoms with Crippen LogP contribution in [-0.4, -0.2) is 18.6 Å². The molecule has 1 aliphatic carbocycles. The zero-order valence-electron chi connectivity index (χ0n) is 14.9. The van der Waals surface area contributed by atoms with E-state index in [1.165, 1.54) is 18.2 Å². The molecular formula is C21H21F2NO2. The Labute approximate surface area is 151 Å². The summed E-state index contributed by atoms with van der Waals surface area (Å²) in [5.74, 6) is 0.0308. The number of aryl methyl sites for hydroxylation is 1. The monoisotopic (exact) mass is 357 g/mol. The molecular weight excluding hydrogens is 336 g/mol. The molecule has 1 saturated carbocycles. The number of amides is 1. The molecule has 0 bridgehead atoms. The minimum atomic E-state index is -0.348. The number of benzene rings is 2. The van der Waals surface area contributed by atoms with E-state index in [1.807, 2.05) is 6.92 Å². The first-order valence-corrected chi connectivity index (χ1v) is 8.90. The molecule has 1 aliphatic heterocycles. The van der Waals surface area contributed by atoms with Gasteiger partial charge in [-0.2, -0.15) is 0 Å². The lowest BCUT2D eigenvalue weighted by atomic mass is 9.99. The van der Waals surface area contributed by atoms with Crippen molar-refractivity contribution < 1.29 is 18.3 Å². The van der Waals surface area contributed by atoms with E-state index in [4.69, 9.17) is 4.74 Å². The minimum Gasteiger partial charge on any atom is -0.487 e. The third-order valence-corrected chi connectivity index (χ3v) is 5.37. The molecule has 2 aliphatic rings. The summed E-state index contributed by atoms with van der Waals surface area (Å²) in [5, 5.41) is 2.95. The second-order valence-electron chi connectivity index (χ2n) is 7.62. The van der Waals surface area contributed by atoms with Crippen LogP contribution in [0.5, 0.6) is 5.75 Å². The smallest absolute Gasteiger partial charge is 0.226 e. The van der Waals surface area contributed by atoms with Crippen molar-refractivity contribution in [3.8, 4) is 16.9 Å². The van der Waals surface area contributed by atoms with Crippen molar-refractivity contribution in [2.45, 2.75) is 39.2 Å². The van der Waals surface area contributed by atoms with E-state index in [0.29, 0.717) is 29.8 Å². The van der Waals surface area contributed by atoms with E-state index in [9.17, 15) is 13.6 Å². The Balaban J connectivity index is 1.56. The molecule has 4 rings (SSSR count). The van der Waals surface area contributed by atoms with Crippen molar-refractivity contribution in [2.75, 3.05) is 6.54 Å². The highest BCUT2D eigenvalue weighted by Gasteiger charge is 2.45. The Bertz CT molecular complexity index is 890. The van der Waals surface area contributed by atoms with Crippen molar-refractivity contribution in [3.05, 3.63) is 53.1 Å². The molecule has 3 nitrogen and oxygen atoms in total. The lowest BCUT2D eigenvalue weighted by Crippen LogP contribution is -2.38. The van der Waals surface area contributed by atoms with E-state index in [1.54, 1.807) is 19.1 Å². The first-order chi connectivity index (χ1) is 12.4. The summed E-state index contributed by atoms with van der Waals surface area (Å²) >= 11 is 0. The zero-order chi connectivity index (χ0) is 18.5. The van der Waals surface area contributed by atoms with Crippen LogP contribution >= 0.6 is 0 Å². The molecule has 26 heavy (non-hydrogen) atoms. The summed E-state index contributed by atoms with van der Waals surface area (Å²) in [6, 6.07) is 7.59. The van der Waals surface area contributed by atoms with Gasteiger partial charge >= 0.3 is 0 Å². The lowest BCUT2D eigenvalue weighted by molar-refractivity contribution is -0.126. The fourth-order valence-corrected chi connectivity index (χ4v) is 3.37. The molecule has 136 valence electrons. The number of carbonyl (C=O) groups is 1. The quantitative estimate of drug-likeness (QED) is 0.892. The van der Waals surface area contributed by atoms with Crippen molar-refractivity contribution in [3.63, 3.8) is 0 Å². The summed E-state index contributed by atoms with van der Waals surface area (Å²) < 4.78 is 33.7. The van der Waals surface area contributed by atoms with Gasteiger partial charge < -0.3 is 10.1 Å². The second kappa shape index (κ2) is 6.08. The standard InChI is InChI=1S/C21H21F2NO2/c1-12-7-13(3-4-18(12)23)17-10-15(22)8-14-9-16(26-19(14)17)11-24-20(25)21(2)5-6-21/h3-4,7-8,10,16H,5-6,9,11H2,1-2H3,(H,24,25)/t16-/m0/s1. The van der Waals surface area contributed by atoms with E-state index in [0.717, 1.165) is 24.0 Å². The molecule has 0 spiro atoms. The van der Waals surface area contributed by atoms with Gasteiger partial charge in [0.2, 0.25) is 5.91 Å². The highest BCUT2D eigenvalue weighted by atomic mass is 19.1. The van der Waals surface area contributed by atoms with Gasteiger partial charge in [0.05, 0.1) is 6.54 Å². The fraction of sp³-hybridized carbons (Fsp3) is 0.381. The Hall–Kier alpha value is -2.43. The molecule has 1 atom stereocenters. The van der Waals surface area contributed by atoms with Gasteiger partial charge in [-0.3, -0.25) is 4.79 Å². The summed E-state index contributed by atoms with van der Waals surface area (Å²) in [6.45, 7) is 4.03. The summed E-state index contributed by atoms with van der Waals surface area (Å²) in [7, 11) is 0. The number of hydrogen-bond acceptors (Lipinski definition) is 2. The van der Waals surface area contributed by atoms with Crippen LogP contribution in [0.25, 0.3) is 11.1 Å². The molecule has 1 fully saturated rings. The van der Waals surface area contributed by atoms with Crippen molar-refractivity contribution >= 4 is 5.91 Å². The highest BCUT2D eigenvalue weighted by molar-refractivity contribution is 5.84. The first-order valence-electron chi connectivity index (χ1n) is 8.90. The van der Waals surface area contributed by atoms with Crippen LogP contribution in [-0.2, 0) is 11.2 Å². The Morgan fingerprint density at radius 1 is 1.27 bits per heavy atom. The largest absolute Gasteiger partial charge is 0.487 e. The normalized spacial score (nSPS) is 19.6. The van der Waals surface area contributed by atoms with E-state index in [-0.39, 0.29) is 29.1 Å². The summed E-state index contributed by atoms with van der Waals surface area (Å²) in [5.41, 5.74) is 2.38. The maximum atomic E-state index is 14.1. The summed E-state index contributed by atoms with van der Waals surface area (Å²) in [6.07, 6.45) is 2.16. The van der Waals surface area contributed by atoms with Crippen molar-refractivity contribution in [1.82, 2.24) is 5.32 Å². The van der Waals surface area contributed by atoms with Crippen LogP contribution in [0.3, 0.4) is 0 Å². The number of carbonyl (C=O) groups excluding carboxylic acids is 1. The van der Waals surface area contributed by atoms with Gasteiger partial charge in [-0.25, -0.2) is 8.78 Å². The molecule has 0 saturated heterocycles. The van der Waals surface area contributed by atoms with E-state index < -0.39 is 0 Å². The topological polar surface area (TPSA) is 38.3 Å². The van der Waals surface area contributed by atoms with Gasteiger partial charge in [-0.1, -0.05) is 13.0 Å². The number of nitrogens with one attached hydrogen (secondary N) is 1. The maximum absolute atomic E-state index is 14.1. The van der Waals surface area contributed by atoms with Crippen LogP contribution in [0.1, 0.15) is 30.9 Å². The van der Waals surface area contributed by atoms with Crippen molar-refractivity contribution in [2.24, 2.45) is 5.41 Å². The fourth-order valence-electron chi connectivity index (χ4n) is 3.37. The SMILES string of the molecule is Cc1cc(-c2cc(F)cc3c2O[C@H](CNC(=O)C2(C)CC2)C3)ccc1F. The number of hydrogen-bond donors (Lipinski definition) is 1. The van der Waals surface area contributed by atoms with Gasteiger partial charge in [0, 0.05) is 23.0 Å². The molecule has 0 unspecified atom stereocenters. The van der Waals surface area contributed by atoms with Crippen LogP contribution in [0.4, 0.5) is 8.78 Å². The lowest BCUT2D eigenvalue weighted by Gasteiger charge is -2.15. The maximum Gasteiger partial charge on any atom is 0.226 e. The predicted molar refractivity (Wildman–Crippen MR) is 95.0 cm³/mol. The molecule has 0 aromatic heterocycles. The van der Waals surface area contributed by atoms with Gasteiger partial charge in [0.25, 0.3) is 0 Å². The van der Waals surface area contributed by atoms with Gasteiger partial charge in [-0.05, 0) is 55.2 Å². The molecule has 0 radical (unpaired) electrons. The highest BCUT2D eigenvalue weighted by Crippen LogP contribution is 2.45. The average Bonchev–Trinajstić information content (AvgIpc) is 3.22. The van der Waals surface area contributed by atoms with E-state index >= 15 is 0 Å². The van der Waals surface area contributed by atoms with Gasteiger partial charge in [0.15, 0.2) is 0 Å². The average molecular weight is 357 g/mol. The number of fused-ring (bicyclic) bond motifs is 1. The molecule has 2 aromatic carbocycles. The molecule has 5 heteroatoms. The third-order valence-electron chi connectivity index (χ3n) is 5.37. The number of ether oxygens (including phenoxy) is 1. The minimum absolute atomic E-state index is 0.0534. The molecule has 1 amide bonds.